The first-order valence-electron chi connectivity index (χ1n) is 10.2. The molecule has 6 N–H and O–H groups in total. The van der Waals surface area contributed by atoms with Crippen molar-refractivity contribution in [3.63, 3.8) is 0 Å². The number of alkyl halides is 3. The Bertz CT molecular complexity index is 962. The lowest BCUT2D eigenvalue weighted by Gasteiger charge is -2.32. The number of aromatic nitrogens is 3. The molecule has 2 aliphatic rings. The van der Waals surface area contributed by atoms with Crippen LogP contribution in [0.2, 0.25) is 0 Å². The molecule has 0 radical (unpaired) electrons. The van der Waals surface area contributed by atoms with Crippen LogP contribution in [0.15, 0.2) is 24.7 Å². The third-order valence-corrected chi connectivity index (χ3v) is 5.11. The first-order chi connectivity index (χ1) is 15.6. The molecule has 10 nitrogen and oxygen atoms in total. The second kappa shape index (κ2) is 10.8. The SMILES string of the molecule is Nc1cncc(C(F)(F)F)n1.O=C(NCC1OCCC(O)C1O)c1cnc2c(c1)CCNC2. The van der Waals surface area contributed by atoms with Crippen molar-refractivity contribution < 1.29 is 32.9 Å². The first-order valence-corrected chi connectivity index (χ1v) is 10.2. The van der Waals surface area contributed by atoms with Gasteiger partial charge in [0.15, 0.2) is 5.69 Å². The summed E-state index contributed by atoms with van der Waals surface area (Å²) in [4.78, 5) is 22.8. The number of aliphatic hydroxyl groups excluding tert-OH is 2. The second-order valence-electron chi connectivity index (χ2n) is 7.55. The van der Waals surface area contributed by atoms with Gasteiger partial charge < -0.3 is 31.3 Å². The van der Waals surface area contributed by atoms with E-state index in [0.29, 0.717) is 24.8 Å². The summed E-state index contributed by atoms with van der Waals surface area (Å²) < 4.78 is 40.8. The van der Waals surface area contributed by atoms with Gasteiger partial charge in [-0.05, 0) is 31.0 Å². The van der Waals surface area contributed by atoms with Crippen LogP contribution in [0.5, 0.6) is 0 Å². The number of nitrogens with zero attached hydrogens (tertiary/aromatic N) is 3. The predicted molar refractivity (Wildman–Crippen MR) is 110 cm³/mol. The molecule has 2 aromatic heterocycles. The van der Waals surface area contributed by atoms with Gasteiger partial charge in [-0.2, -0.15) is 13.2 Å². The maximum Gasteiger partial charge on any atom is 0.434 e. The van der Waals surface area contributed by atoms with Gasteiger partial charge in [0, 0.05) is 25.9 Å². The third kappa shape index (κ3) is 6.81. The maximum absolute atomic E-state index is 12.2. The van der Waals surface area contributed by atoms with Crippen LogP contribution in [0.4, 0.5) is 19.0 Å². The van der Waals surface area contributed by atoms with E-state index in [9.17, 15) is 28.2 Å². The van der Waals surface area contributed by atoms with Crippen LogP contribution in [0, 0.1) is 0 Å². The molecule has 13 heteroatoms. The molecule has 33 heavy (non-hydrogen) atoms. The van der Waals surface area contributed by atoms with Crippen LogP contribution in [-0.4, -0.2) is 69.1 Å². The summed E-state index contributed by atoms with van der Waals surface area (Å²) in [5.74, 6) is -0.482. The zero-order chi connectivity index (χ0) is 24.0. The third-order valence-electron chi connectivity index (χ3n) is 5.11. The number of carbonyl (C=O) groups is 1. The van der Waals surface area contributed by atoms with Gasteiger partial charge in [0.25, 0.3) is 5.91 Å². The number of amides is 1. The molecule has 180 valence electrons. The zero-order valence-electron chi connectivity index (χ0n) is 17.5. The molecule has 2 aliphatic heterocycles. The average molecular weight is 470 g/mol. The number of ether oxygens (including phenoxy) is 1. The van der Waals surface area contributed by atoms with Crippen molar-refractivity contribution in [1.82, 2.24) is 25.6 Å². The van der Waals surface area contributed by atoms with Gasteiger partial charge in [0.1, 0.15) is 18.0 Å². The van der Waals surface area contributed by atoms with Crippen LogP contribution in [0.3, 0.4) is 0 Å². The number of hydrogen-bond acceptors (Lipinski definition) is 9. The smallest absolute Gasteiger partial charge is 0.390 e. The highest BCUT2D eigenvalue weighted by Gasteiger charge is 2.33. The minimum absolute atomic E-state index is 0.162. The number of aliphatic hydroxyl groups is 2. The van der Waals surface area contributed by atoms with Crippen LogP contribution >= 0.6 is 0 Å². The molecule has 0 saturated carbocycles. The zero-order valence-corrected chi connectivity index (χ0v) is 17.5. The molecule has 0 aliphatic carbocycles. The van der Waals surface area contributed by atoms with Crippen molar-refractivity contribution in [1.29, 1.82) is 0 Å². The predicted octanol–water partition coefficient (Wildman–Crippen LogP) is 0.0454. The fourth-order valence-electron chi connectivity index (χ4n) is 3.32. The molecule has 0 bridgehead atoms. The fourth-order valence-corrected chi connectivity index (χ4v) is 3.32. The number of halogens is 3. The van der Waals surface area contributed by atoms with E-state index in [1.165, 1.54) is 0 Å². The highest BCUT2D eigenvalue weighted by molar-refractivity contribution is 5.94. The van der Waals surface area contributed by atoms with Gasteiger partial charge in [-0.15, -0.1) is 0 Å². The monoisotopic (exact) mass is 470 g/mol. The number of pyridine rings is 1. The van der Waals surface area contributed by atoms with Gasteiger partial charge in [0.2, 0.25) is 0 Å². The first kappa shape index (κ1) is 24.8. The van der Waals surface area contributed by atoms with E-state index in [1.54, 1.807) is 6.20 Å². The van der Waals surface area contributed by atoms with Gasteiger partial charge >= 0.3 is 6.18 Å². The van der Waals surface area contributed by atoms with Crippen molar-refractivity contribution in [2.75, 3.05) is 25.4 Å². The Morgan fingerprint density at radius 1 is 1.30 bits per heavy atom. The Hall–Kier alpha value is -2.87. The molecule has 4 heterocycles. The molecule has 1 amide bonds. The lowest BCUT2D eigenvalue weighted by molar-refractivity contribution is -0.141. The number of nitrogens with two attached hydrogens (primary N) is 1. The maximum atomic E-state index is 12.2. The van der Waals surface area contributed by atoms with Crippen LogP contribution in [0.1, 0.15) is 33.7 Å². The summed E-state index contributed by atoms with van der Waals surface area (Å²) in [6, 6.07) is 1.87. The summed E-state index contributed by atoms with van der Waals surface area (Å²) >= 11 is 0. The number of hydrogen-bond donors (Lipinski definition) is 5. The number of rotatable bonds is 3. The van der Waals surface area contributed by atoms with E-state index in [1.807, 2.05) is 6.07 Å². The van der Waals surface area contributed by atoms with Gasteiger partial charge in [-0.1, -0.05) is 0 Å². The molecule has 4 rings (SSSR count). The number of nitrogens with one attached hydrogen (secondary N) is 2. The number of anilines is 1. The minimum atomic E-state index is -4.47. The summed E-state index contributed by atoms with van der Waals surface area (Å²) in [5, 5.41) is 25.4. The molecular formula is C20H25F3N6O4. The molecule has 3 unspecified atom stereocenters. The Kier molecular flexibility index (Phi) is 8.13. The highest BCUT2D eigenvalue weighted by atomic mass is 19.4. The Labute approximate surface area is 187 Å². The van der Waals surface area contributed by atoms with E-state index in [4.69, 9.17) is 10.5 Å². The molecule has 2 aromatic rings. The quantitative estimate of drug-likeness (QED) is 0.418. The number of nitrogen functional groups attached to an aromatic ring is 1. The van der Waals surface area contributed by atoms with E-state index >= 15 is 0 Å². The van der Waals surface area contributed by atoms with E-state index < -0.39 is 30.2 Å². The Morgan fingerprint density at radius 3 is 2.79 bits per heavy atom. The summed E-state index contributed by atoms with van der Waals surface area (Å²) in [7, 11) is 0. The summed E-state index contributed by atoms with van der Waals surface area (Å²) in [6.45, 7) is 2.17. The van der Waals surface area contributed by atoms with E-state index in [0.717, 1.165) is 37.0 Å². The standard InChI is InChI=1S/C15H21N3O4.C5H4F3N3/c19-12-2-4-22-13(14(12)20)8-18-15(21)10-5-9-1-3-16-7-11(9)17-6-10;6-5(7,8)3-1-10-2-4(9)11-3/h5-6,12-14,16,19-20H,1-4,7-8H2,(H,18,21);1-2H,(H2,9,11). The second-order valence-corrected chi connectivity index (χ2v) is 7.55. The highest BCUT2D eigenvalue weighted by Crippen LogP contribution is 2.26. The van der Waals surface area contributed by atoms with Crippen molar-refractivity contribution in [3.05, 3.63) is 47.2 Å². The van der Waals surface area contributed by atoms with Crippen molar-refractivity contribution in [2.45, 2.75) is 43.9 Å². The normalized spacial score (nSPS) is 22.5. The topological polar surface area (TPSA) is 156 Å². The average Bonchev–Trinajstić information content (AvgIpc) is 2.79. The number of carbonyl (C=O) groups excluding carboxylic acids is 1. The van der Waals surface area contributed by atoms with Crippen molar-refractivity contribution in [2.24, 2.45) is 0 Å². The molecule has 0 aromatic carbocycles. The van der Waals surface area contributed by atoms with Gasteiger partial charge in [-0.25, -0.2) is 4.98 Å². The van der Waals surface area contributed by atoms with Gasteiger partial charge in [0.05, 0.1) is 29.8 Å². The van der Waals surface area contributed by atoms with Crippen molar-refractivity contribution in [3.8, 4) is 0 Å². The lowest BCUT2D eigenvalue weighted by atomic mass is 10.0. The number of fused-ring (bicyclic) bond motifs is 1. The molecule has 0 spiro atoms. The minimum Gasteiger partial charge on any atom is -0.390 e. The fraction of sp³-hybridized carbons (Fsp3) is 0.500. The largest absolute Gasteiger partial charge is 0.434 e. The Morgan fingerprint density at radius 2 is 2.09 bits per heavy atom. The molecule has 1 saturated heterocycles. The Balaban J connectivity index is 0.000000235. The molecule has 1 fully saturated rings. The van der Waals surface area contributed by atoms with Crippen LogP contribution in [0.25, 0.3) is 0 Å². The lowest BCUT2D eigenvalue weighted by Crippen LogP contribution is -2.49. The van der Waals surface area contributed by atoms with Gasteiger partial charge in [-0.3, -0.25) is 14.8 Å². The van der Waals surface area contributed by atoms with Crippen LogP contribution in [-0.2, 0) is 23.9 Å². The summed E-state index contributed by atoms with van der Waals surface area (Å²) in [5.41, 5.74) is 6.49. The van der Waals surface area contributed by atoms with Crippen LogP contribution < -0.4 is 16.4 Å². The van der Waals surface area contributed by atoms with E-state index in [2.05, 4.69) is 25.6 Å². The van der Waals surface area contributed by atoms with E-state index in [-0.39, 0.29) is 18.3 Å². The molecular weight excluding hydrogens is 445 g/mol. The summed E-state index contributed by atoms with van der Waals surface area (Å²) in [6.07, 6.45) is -2.31. The van der Waals surface area contributed by atoms with Crippen molar-refractivity contribution >= 4 is 11.7 Å². The molecule has 3 atom stereocenters.